The van der Waals surface area contributed by atoms with E-state index in [9.17, 15) is 4.79 Å². The van der Waals surface area contributed by atoms with Crippen molar-refractivity contribution in [2.75, 3.05) is 0 Å². The van der Waals surface area contributed by atoms with Crippen LogP contribution in [0.2, 0.25) is 0 Å². The van der Waals surface area contributed by atoms with E-state index in [-0.39, 0.29) is 17.2 Å². The second-order valence-electron chi connectivity index (χ2n) is 6.46. The van der Waals surface area contributed by atoms with Crippen LogP contribution in [0.25, 0.3) is 0 Å². The lowest BCUT2D eigenvalue weighted by atomic mass is 9.68. The third-order valence-corrected chi connectivity index (χ3v) is 4.74. The Morgan fingerprint density at radius 3 is 2.80 bits per heavy atom. The lowest BCUT2D eigenvalue weighted by Crippen LogP contribution is -2.40. The largest absolute Gasteiger partial charge is 0.352 e. The van der Waals surface area contributed by atoms with Crippen LogP contribution in [0.1, 0.15) is 50.7 Å². The number of hydrogen-bond acceptors (Lipinski definition) is 1. The molecule has 0 spiro atoms. The zero-order valence-electron chi connectivity index (χ0n) is 12.4. The van der Waals surface area contributed by atoms with E-state index < -0.39 is 0 Å². The molecule has 110 valence electrons. The van der Waals surface area contributed by atoms with Crippen molar-refractivity contribution in [3.8, 4) is 0 Å². The molecule has 0 radical (unpaired) electrons. The van der Waals surface area contributed by atoms with Crippen molar-refractivity contribution in [2.24, 2.45) is 11.3 Å². The molecule has 0 saturated heterocycles. The maximum atomic E-state index is 12.4. The van der Waals surface area contributed by atoms with Crippen LogP contribution >= 0.6 is 11.6 Å². The van der Waals surface area contributed by atoms with Gasteiger partial charge in [0.05, 0.1) is 0 Å². The Bertz CT molecular complexity index is 470. The van der Waals surface area contributed by atoms with Crippen molar-refractivity contribution in [3.63, 3.8) is 0 Å². The van der Waals surface area contributed by atoms with Gasteiger partial charge in [-0.1, -0.05) is 51.0 Å². The molecule has 2 nitrogen and oxygen atoms in total. The van der Waals surface area contributed by atoms with Crippen molar-refractivity contribution in [2.45, 2.75) is 52.0 Å². The van der Waals surface area contributed by atoms with Gasteiger partial charge in [0.1, 0.15) is 0 Å². The van der Waals surface area contributed by atoms with E-state index in [1.54, 1.807) is 0 Å². The number of rotatable bonds is 4. The SMILES string of the molecule is CC1(C)CCCCC1C(=O)NCc1cccc(CCl)c1. The smallest absolute Gasteiger partial charge is 0.223 e. The monoisotopic (exact) mass is 293 g/mol. The molecule has 20 heavy (non-hydrogen) atoms. The van der Waals surface area contributed by atoms with Crippen LogP contribution in [0.5, 0.6) is 0 Å². The van der Waals surface area contributed by atoms with Crippen LogP contribution in [0.4, 0.5) is 0 Å². The number of carbonyl (C=O) groups is 1. The van der Waals surface area contributed by atoms with E-state index in [4.69, 9.17) is 11.6 Å². The summed E-state index contributed by atoms with van der Waals surface area (Å²) in [6.45, 7) is 5.02. The summed E-state index contributed by atoms with van der Waals surface area (Å²) >= 11 is 5.83. The summed E-state index contributed by atoms with van der Waals surface area (Å²) < 4.78 is 0. The molecule has 1 saturated carbocycles. The van der Waals surface area contributed by atoms with Crippen LogP contribution in [0.3, 0.4) is 0 Å². The van der Waals surface area contributed by atoms with Crippen LogP contribution in [-0.4, -0.2) is 5.91 Å². The van der Waals surface area contributed by atoms with Crippen molar-refractivity contribution in [3.05, 3.63) is 35.4 Å². The number of benzene rings is 1. The first-order chi connectivity index (χ1) is 9.53. The summed E-state index contributed by atoms with van der Waals surface area (Å²) in [5.74, 6) is 0.857. The zero-order chi connectivity index (χ0) is 14.6. The second-order valence-corrected chi connectivity index (χ2v) is 6.73. The van der Waals surface area contributed by atoms with E-state index in [2.05, 4.69) is 25.2 Å². The van der Waals surface area contributed by atoms with Crippen molar-refractivity contribution >= 4 is 17.5 Å². The Kier molecular flexibility index (Phi) is 5.09. The molecule has 1 aromatic carbocycles. The first kappa shape index (κ1) is 15.4. The molecular weight excluding hydrogens is 270 g/mol. The molecule has 1 N–H and O–H groups in total. The first-order valence-corrected chi connectivity index (χ1v) is 7.98. The number of halogens is 1. The second kappa shape index (κ2) is 6.62. The summed E-state index contributed by atoms with van der Waals surface area (Å²) in [4.78, 5) is 12.4. The highest BCUT2D eigenvalue weighted by Crippen LogP contribution is 2.40. The van der Waals surface area contributed by atoms with Gasteiger partial charge >= 0.3 is 0 Å². The number of carbonyl (C=O) groups excluding carboxylic acids is 1. The lowest BCUT2D eigenvalue weighted by molar-refractivity contribution is -0.130. The Balaban J connectivity index is 1.94. The van der Waals surface area contributed by atoms with Gasteiger partial charge in [0.25, 0.3) is 0 Å². The molecule has 1 amide bonds. The molecule has 0 aliphatic heterocycles. The maximum Gasteiger partial charge on any atom is 0.223 e. The quantitative estimate of drug-likeness (QED) is 0.826. The van der Waals surface area contributed by atoms with Crippen molar-refractivity contribution < 1.29 is 4.79 Å². The maximum absolute atomic E-state index is 12.4. The van der Waals surface area contributed by atoms with Crippen molar-refractivity contribution in [1.29, 1.82) is 0 Å². The minimum absolute atomic E-state index is 0.125. The fourth-order valence-corrected chi connectivity index (χ4v) is 3.28. The van der Waals surface area contributed by atoms with Crippen LogP contribution in [0, 0.1) is 11.3 Å². The predicted octanol–water partition coefficient (Wildman–Crippen LogP) is 4.26. The number of hydrogen-bond donors (Lipinski definition) is 1. The van der Waals surface area contributed by atoms with Gasteiger partial charge in [-0.05, 0) is 29.4 Å². The van der Waals surface area contributed by atoms with Crippen molar-refractivity contribution in [1.82, 2.24) is 5.32 Å². The van der Waals surface area contributed by atoms with Gasteiger partial charge in [-0.3, -0.25) is 4.79 Å². The van der Waals surface area contributed by atoms with Gasteiger partial charge in [-0.2, -0.15) is 0 Å². The molecule has 1 aliphatic carbocycles. The summed E-state index contributed by atoms with van der Waals surface area (Å²) in [5, 5.41) is 3.09. The van der Waals surface area contributed by atoms with Crippen LogP contribution < -0.4 is 5.32 Å². The number of amides is 1. The van der Waals surface area contributed by atoms with E-state index in [1.165, 1.54) is 12.8 Å². The standard InChI is InChI=1S/C17H24ClNO/c1-17(2)9-4-3-8-15(17)16(20)19-12-14-7-5-6-13(10-14)11-18/h5-7,10,15H,3-4,8-9,11-12H2,1-2H3,(H,19,20). The average molecular weight is 294 g/mol. The topological polar surface area (TPSA) is 29.1 Å². The highest BCUT2D eigenvalue weighted by atomic mass is 35.5. The molecule has 1 fully saturated rings. The van der Waals surface area contributed by atoms with Gasteiger partial charge in [0.2, 0.25) is 5.91 Å². The molecule has 0 heterocycles. The molecule has 1 aromatic rings. The Hall–Kier alpha value is -1.02. The van der Waals surface area contributed by atoms with Gasteiger partial charge in [-0.25, -0.2) is 0 Å². The van der Waals surface area contributed by atoms with Crippen LogP contribution in [-0.2, 0) is 17.2 Å². The molecular formula is C17H24ClNO. The van der Waals surface area contributed by atoms with Gasteiger partial charge in [0.15, 0.2) is 0 Å². The third kappa shape index (κ3) is 3.76. The summed E-state index contributed by atoms with van der Waals surface area (Å²) in [5.41, 5.74) is 2.34. The minimum Gasteiger partial charge on any atom is -0.352 e. The van der Waals surface area contributed by atoms with Gasteiger partial charge < -0.3 is 5.32 Å². The molecule has 0 aromatic heterocycles. The number of alkyl halides is 1. The van der Waals surface area contributed by atoms with E-state index in [0.29, 0.717) is 12.4 Å². The van der Waals surface area contributed by atoms with E-state index in [0.717, 1.165) is 24.0 Å². The van der Waals surface area contributed by atoms with Gasteiger partial charge in [0, 0.05) is 18.3 Å². The zero-order valence-corrected chi connectivity index (χ0v) is 13.2. The molecule has 1 aliphatic rings. The Morgan fingerprint density at radius 1 is 1.35 bits per heavy atom. The lowest BCUT2D eigenvalue weighted by Gasteiger charge is -2.37. The summed E-state index contributed by atoms with van der Waals surface area (Å²) in [6, 6.07) is 8.08. The molecule has 0 bridgehead atoms. The Labute approximate surface area is 126 Å². The summed E-state index contributed by atoms with van der Waals surface area (Å²) in [7, 11) is 0. The van der Waals surface area contributed by atoms with Gasteiger partial charge in [-0.15, -0.1) is 11.6 Å². The Morgan fingerprint density at radius 2 is 2.10 bits per heavy atom. The average Bonchev–Trinajstić information content (AvgIpc) is 2.44. The highest BCUT2D eigenvalue weighted by Gasteiger charge is 2.36. The fourth-order valence-electron chi connectivity index (χ4n) is 3.12. The molecule has 3 heteroatoms. The minimum atomic E-state index is 0.125. The summed E-state index contributed by atoms with van der Waals surface area (Å²) in [6.07, 6.45) is 4.57. The molecule has 2 rings (SSSR count). The molecule has 1 unspecified atom stereocenters. The number of nitrogens with one attached hydrogen (secondary N) is 1. The van der Waals surface area contributed by atoms with E-state index in [1.807, 2.05) is 18.2 Å². The highest BCUT2D eigenvalue weighted by molar-refractivity contribution is 6.17. The predicted molar refractivity (Wildman–Crippen MR) is 83.6 cm³/mol. The molecule has 1 atom stereocenters. The fraction of sp³-hybridized carbons (Fsp3) is 0.588. The third-order valence-electron chi connectivity index (χ3n) is 4.44. The van der Waals surface area contributed by atoms with Crippen LogP contribution in [0.15, 0.2) is 24.3 Å². The van der Waals surface area contributed by atoms with E-state index >= 15 is 0 Å². The normalized spacial score (nSPS) is 21.4. The first-order valence-electron chi connectivity index (χ1n) is 7.44.